The Kier molecular flexibility index (Phi) is 8.20. The third-order valence-corrected chi connectivity index (χ3v) is 3.59. The monoisotopic (exact) mass is 360 g/mol. The Hall–Kier alpha value is -1.46. The average Bonchev–Trinajstić information content (AvgIpc) is 2.44. The van der Waals surface area contributed by atoms with Crippen molar-refractivity contribution >= 4 is 35.2 Å². The third-order valence-electron chi connectivity index (χ3n) is 3.04. The van der Waals surface area contributed by atoms with Crippen LogP contribution in [0.25, 0.3) is 0 Å². The van der Waals surface area contributed by atoms with Gasteiger partial charge in [0.25, 0.3) is 5.91 Å². The van der Waals surface area contributed by atoms with Crippen molar-refractivity contribution in [3.63, 3.8) is 0 Å². The van der Waals surface area contributed by atoms with Crippen LogP contribution in [0.3, 0.4) is 0 Å². The maximum absolute atomic E-state index is 12.2. The van der Waals surface area contributed by atoms with Gasteiger partial charge in [0.1, 0.15) is 0 Å². The van der Waals surface area contributed by atoms with Crippen molar-refractivity contribution in [1.82, 2.24) is 10.6 Å². The van der Waals surface area contributed by atoms with E-state index in [9.17, 15) is 9.59 Å². The molecule has 7 heteroatoms. The molecule has 2 amide bonds. The van der Waals surface area contributed by atoms with Crippen LogP contribution < -0.4 is 10.6 Å². The van der Waals surface area contributed by atoms with Crippen LogP contribution in [0.1, 0.15) is 37.6 Å². The first-order chi connectivity index (χ1) is 10.8. The van der Waals surface area contributed by atoms with Crippen LogP contribution in [0.15, 0.2) is 18.2 Å². The number of amides is 2. The second-order valence-electron chi connectivity index (χ2n) is 5.53. The Morgan fingerprint density at radius 1 is 1.26 bits per heavy atom. The van der Waals surface area contributed by atoms with Crippen molar-refractivity contribution < 1.29 is 14.3 Å². The average molecular weight is 361 g/mol. The molecule has 128 valence electrons. The highest BCUT2D eigenvalue weighted by atomic mass is 35.5. The Morgan fingerprint density at radius 2 is 1.96 bits per heavy atom. The molecule has 0 aromatic heterocycles. The van der Waals surface area contributed by atoms with Crippen molar-refractivity contribution in [2.45, 2.75) is 33.2 Å². The number of hydrogen-bond donors (Lipinski definition) is 2. The number of hydrogen-bond acceptors (Lipinski definition) is 3. The summed E-state index contributed by atoms with van der Waals surface area (Å²) in [6.07, 6.45) is 0.227. The summed E-state index contributed by atoms with van der Waals surface area (Å²) in [4.78, 5) is 23.8. The second kappa shape index (κ2) is 9.63. The van der Waals surface area contributed by atoms with E-state index in [1.807, 2.05) is 13.8 Å². The molecule has 1 atom stereocenters. The molecular formula is C16H22Cl2N2O3. The first-order valence-corrected chi connectivity index (χ1v) is 8.25. The highest BCUT2D eigenvalue weighted by molar-refractivity contribution is 6.36. The molecule has 0 aliphatic carbocycles. The van der Waals surface area contributed by atoms with Gasteiger partial charge in [-0.25, -0.2) is 4.79 Å². The fourth-order valence-electron chi connectivity index (χ4n) is 2.09. The zero-order chi connectivity index (χ0) is 17.4. The van der Waals surface area contributed by atoms with Gasteiger partial charge in [0.15, 0.2) is 0 Å². The van der Waals surface area contributed by atoms with E-state index in [4.69, 9.17) is 27.9 Å². The molecule has 5 nitrogen and oxygen atoms in total. The molecule has 0 aliphatic rings. The predicted octanol–water partition coefficient (Wildman–Crippen LogP) is 3.88. The highest BCUT2D eigenvalue weighted by Crippen LogP contribution is 2.20. The van der Waals surface area contributed by atoms with E-state index in [0.29, 0.717) is 29.5 Å². The van der Waals surface area contributed by atoms with E-state index in [-0.39, 0.29) is 23.5 Å². The zero-order valence-electron chi connectivity index (χ0n) is 13.5. The smallest absolute Gasteiger partial charge is 0.407 e. The summed E-state index contributed by atoms with van der Waals surface area (Å²) in [5, 5.41) is 6.28. The third kappa shape index (κ3) is 7.10. The lowest BCUT2D eigenvalue weighted by molar-refractivity contribution is 0.0944. The number of carbonyl (C=O) groups excluding carboxylic acids is 2. The lowest BCUT2D eigenvalue weighted by Crippen LogP contribution is -2.44. The number of halogens is 2. The van der Waals surface area contributed by atoms with Gasteiger partial charge in [0, 0.05) is 17.6 Å². The van der Waals surface area contributed by atoms with Crippen molar-refractivity contribution in [2.75, 3.05) is 13.2 Å². The fourth-order valence-corrected chi connectivity index (χ4v) is 2.58. The minimum atomic E-state index is -0.489. The zero-order valence-corrected chi connectivity index (χ0v) is 15.0. The summed E-state index contributed by atoms with van der Waals surface area (Å²) in [7, 11) is 0. The standard InChI is InChI=1S/C16H22Cl2N2O3/c1-4-23-16(22)20-12(7-10(2)3)9-19-15(21)13-6-5-11(17)8-14(13)18/h5-6,8,10,12H,4,7,9H2,1-3H3,(H,19,21)(H,20,22). The summed E-state index contributed by atoms with van der Waals surface area (Å²) < 4.78 is 4.88. The summed E-state index contributed by atoms with van der Waals surface area (Å²) in [5.41, 5.74) is 0.343. The van der Waals surface area contributed by atoms with E-state index in [1.54, 1.807) is 19.1 Å². The van der Waals surface area contributed by atoms with Crippen LogP contribution in [-0.2, 0) is 4.74 Å². The number of carbonyl (C=O) groups is 2. The van der Waals surface area contributed by atoms with Crippen molar-refractivity contribution in [2.24, 2.45) is 5.92 Å². The van der Waals surface area contributed by atoms with Gasteiger partial charge in [-0.3, -0.25) is 4.79 Å². The fraction of sp³-hybridized carbons (Fsp3) is 0.500. The summed E-state index contributed by atoms with van der Waals surface area (Å²) >= 11 is 11.8. The molecule has 1 rings (SSSR count). The van der Waals surface area contributed by atoms with Gasteiger partial charge in [0.05, 0.1) is 17.2 Å². The van der Waals surface area contributed by atoms with Crippen LogP contribution in [-0.4, -0.2) is 31.2 Å². The van der Waals surface area contributed by atoms with Gasteiger partial charge in [-0.1, -0.05) is 37.0 Å². The molecule has 0 saturated heterocycles. The van der Waals surface area contributed by atoms with E-state index in [0.717, 1.165) is 0 Å². The highest BCUT2D eigenvalue weighted by Gasteiger charge is 2.17. The van der Waals surface area contributed by atoms with Crippen LogP contribution in [0.5, 0.6) is 0 Å². The number of rotatable bonds is 7. The van der Waals surface area contributed by atoms with Gasteiger partial charge in [0.2, 0.25) is 0 Å². The molecule has 0 aliphatic heterocycles. The first-order valence-electron chi connectivity index (χ1n) is 7.50. The Morgan fingerprint density at radius 3 is 2.52 bits per heavy atom. The second-order valence-corrected chi connectivity index (χ2v) is 6.37. The lowest BCUT2D eigenvalue weighted by Gasteiger charge is -2.21. The quantitative estimate of drug-likeness (QED) is 0.774. The van der Waals surface area contributed by atoms with Gasteiger partial charge in [-0.05, 0) is 37.5 Å². The van der Waals surface area contributed by atoms with E-state index in [2.05, 4.69) is 10.6 Å². The van der Waals surface area contributed by atoms with Gasteiger partial charge in [-0.15, -0.1) is 0 Å². The SMILES string of the molecule is CCOC(=O)NC(CNC(=O)c1ccc(Cl)cc1Cl)CC(C)C. The molecule has 23 heavy (non-hydrogen) atoms. The van der Waals surface area contributed by atoms with Crippen LogP contribution in [0.2, 0.25) is 10.0 Å². The molecule has 0 radical (unpaired) electrons. The lowest BCUT2D eigenvalue weighted by atomic mass is 10.0. The number of benzene rings is 1. The van der Waals surface area contributed by atoms with Crippen LogP contribution >= 0.6 is 23.2 Å². The molecule has 0 spiro atoms. The minimum absolute atomic E-state index is 0.218. The van der Waals surface area contributed by atoms with Crippen molar-refractivity contribution in [3.8, 4) is 0 Å². The predicted molar refractivity (Wildman–Crippen MR) is 92.2 cm³/mol. The normalized spacial score (nSPS) is 11.9. The first kappa shape index (κ1) is 19.6. The maximum atomic E-state index is 12.2. The maximum Gasteiger partial charge on any atom is 0.407 e. The molecule has 1 unspecified atom stereocenters. The molecule has 0 fully saturated rings. The van der Waals surface area contributed by atoms with Gasteiger partial charge < -0.3 is 15.4 Å². The molecule has 0 saturated carbocycles. The van der Waals surface area contributed by atoms with Crippen LogP contribution in [0.4, 0.5) is 4.79 Å². The summed E-state index contributed by atoms with van der Waals surface area (Å²) in [6.45, 7) is 6.40. The van der Waals surface area contributed by atoms with Crippen molar-refractivity contribution in [3.05, 3.63) is 33.8 Å². The van der Waals surface area contributed by atoms with Crippen LogP contribution in [0, 0.1) is 5.92 Å². The molecule has 0 bridgehead atoms. The van der Waals surface area contributed by atoms with E-state index >= 15 is 0 Å². The number of nitrogens with one attached hydrogen (secondary N) is 2. The number of alkyl carbamates (subject to hydrolysis) is 1. The van der Waals surface area contributed by atoms with E-state index in [1.165, 1.54) is 6.07 Å². The molecule has 1 aromatic carbocycles. The topological polar surface area (TPSA) is 67.4 Å². The van der Waals surface area contributed by atoms with E-state index < -0.39 is 6.09 Å². The minimum Gasteiger partial charge on any atom is -0.450 e. The Balaban J connectivity index is 2.65. The number of ether oxygens (including phenoxy) is 1. The van der Waals surface area contributed by atoms with Gasteiger partial charge in [-0.2, -0.15) is 0 Å². The Labute approximate surface area is 146 Å². The molecular weight excluding hydrogens is 339 g/mol. The summed E-state index contributed by atoms with van der Waals surface area (Å²) in [5.74, 6) is 0.0454. The molecule has 2 N–H and O–H groups in total. The molecule has 1 aromatic rings. The van der Waals surface area contributed by atoms with Gasteiger partial charge >= 0.3 is 6.09 Å². The Bertz CT molecular complexity index is 550. The molecule has 0 heterocycles. The van der Waals surface area contributed by atoms with Crippen molar-refractivity contribution in [1.29, 1.82) is 0 Å². The largest absolute Gasteiger partial charge is 0.450 e. The summed E-state index contributed by atoms with van der Waals surface area (Å²) in [6, 6.07) is 4.46.